The topological polar surface area (TPSA) is 123 Å². The third kappa shape index (κ3) is 4.12. The Balaban J connectivity index is 1.18. The highest BCUT2D eigenvalue weighted by Crippen LogP contribution is 2.34. The number of aromatic nitrogens is 1. The van der Waals surface area contributed by atoms with Crippen molar-refractivity contribution in [3.63, 3.8) is 0 Å². The largest absolute Gasteiger partial charge is 0.465 e. The lowest BCUT2D eigenvalue weighted by Crippen LogP contribution is -2.52. The van der Waals surface area contributed by atoms with Crippen molar-refractivity contribution in [1.29, 1.82) is 0 Å². The SMILES string of the molecule is O=C1CC[C@H](N2Cc3cc(-c4nccc(CN5C[C@@H]6CN(C(=O)O)C[C@@H]6C5)c4F)ccc3C2=O)C(=O)N1. The van der Waals surface area contributed by atoms with Gasteiger partial charge < -0.3 is 14.9 Å². The number of rotatable bonds is 4. The van der Waals surface area contributed by atoms with Crippen molar-refractivity contribution < 1.29 is 28.7 Å². The first kappa shape index (κ1) is 23.5. The normalized spacial score (nSPS) is 25.4. The average molecular weight is 508 g/mol. The molecular formula is C26H26FN5O5. The lowest BCUT2D eigenvalue weighted by molar-refractivity contribution is -0.136. The highest BCUT2D eigenvalue weighted by molar-refractivity contribution is 6.05. The standard InChI is InChI=1S/C26H26FN5O5/c27-22-15(8-30-9-17-11-31(26(36)37)12-18(17)10-30)5-6-28-23(22)14-1-2-19-16(7-14)13-32(25(19)35)20-3-4-21(33)29-24(20)34/h1-2,5-7,17-18,20H,3-4,8-13H2,(H,36,37)(H,29,33,34)/t17-,18+,20-/m0/s1. The molecule has 10 nitrogen and oxygen atoms in total. The number of pyridine rings is 1. The van der Waals surface area contributed by atoms with E-state index in [2.05, 4.69) is 15.2 Å². The first-order valence-electron chi connectivity index (χ1n) is 12.4. The number of amides is 4. The summed E-state index contributed by atoms with van der Waals surface area (Å²) in [6, 6.07) is 6.01. The van der Waals surface area contributed by atoms with Gasteiger partial charge in [-0.1, -0.05) is 6.07 Å². The van der Waals surface area contributed by atoms with Crippen LogP contribution in [0.25, 0.3) is 11.3 Å². The fourth-order valence-corrected chi connectivity index (χ4v) is 6.15. The number of imide groups is 1. The van der Waals surface area contributed by atoms with Crippen LogP contribution in [-0.2, 0) is 22.7 Å². The van der Waals surface area contributed by atoms with Gasteiger partial charge in [0.25, 0.3) is 5.91 Å². The third-order valence-electron chi connectivity index (χ3n) is 7.99. The van der Waals surface area contributed by atoms with E-state index in [1.54, 1.807) is 30.5 Å². The number of halogens is 1. The molecule has 192 valence electrons. The van der Waals surface area contributed by atoms with Crippen LogP contribution in [0.4, 0.5) is 9.18 Å². The average Bonchev–Trinajstić information content (AvgIpc) is 3.52. The van der Waals surface area contributed by atoms with Crippen molar-refractivity contribution in [3.8, 4) is 11.3 Å². The number of carboxylic acid groups (broad SMARTS) is 1. The number of nitrogens with one attached hydrogen (secondary N) is 1. The highest BCUT2D eigenvalue weighted by Gasteiger charge is 2.42. The number of piperidine rings is 1. The van der Waals surface area contributed by atoms with E-state index in [1.807, 2.05) is 0 Å². The molecule has 0 spiro atoms. The van der Waals surface area contributed by atoms with Crippen LogP contribution in [0.2, 0.25) is 0 Å². The molecule has 0 unspecified atom stereocenters. The van der Waals surface area contributed by atoms with Crippen molar-refractivity contribution in [1.82, 2.24) is 25.0 Å². The first-order chi connectivity index (χ1) is 17.8. The summed E-state index contributed by atoms with van der Waals surface area (Å²) < 4.78 is 15.6. The van der Waals surface area contributed by atoms with Gasteiger partial charge in [0.2, 0.25) is 11.8 Å². The van der Waals surface area contributed by atoms with Crippen molar-refractivity contribution in [2.24, 2.45) is 11.8 Å². The molecule has 4 aliphatic heterocycles. The number of likely N-dealkylation sites (tertiary alicyclic amines) is 2. The zero-order valence-corrected chi connectivity index (χ0v) is 20.0. The molecule has 4 aliphatic rings. The summed E-state index contributed by atoms with van der Waals surface area (Å²) in [5.74, 6) is -0.977. The maximum atomic E-state index is 15.6. The van der Waals surface area contributed by atoms with E-state index in [0.29, 0.717) is 41.9 Å². The molecule has 1 aromatic heterocycles. The van der Waals surface area contributed by atoms with E-state index < -0.39 is 23.9 Å². The second-order valence-corrected chi connectivity index (χ2v) is 10.3. The van der Waals surface area contributed by atoms with Crippen LogP contribution in [0.15, 0.2) is 30.5 Å². The van der Waals surface area contributed by atoms with Crippen LogP contribution in [0.5, 0.6) is 0 Å². The molecule has 4 amide bonds. The Morgan fingerprint density at radius 2 is 1.86 bits per heavy atom. The van der Waals surface area contributed by atoms with Crippen molar-refractivity contribution in [2.75, 3.05) is 26.2 Å². The summed E-state index contributed by atoms with van der Waals surface area (Å²) in [6.07, 6.45) is 1.15. The third-order valence-corrected chi connectivity index (χ3v) is 7.99. The number of benzene rings is 1. The molecule has 11 heteroatoms. The van der Waals surface area contributed by atoms with E-state index in [1.165, 1.54) is 9.80 Å². The van der Waals surface area contributed by atoms with Gasteiger partial charge in [-0.3, -0.25) is 29.6 Å². The van der Waals surface area contributed by atoms with Crippen molar-refractivity contribution in [2.45, 2.75) is 32.0 Å². The van der Waals surface area contributed by atoms with Crippen LogP contribution in [0.1, 0.15) is 34.3 Å². The molecule has 3 saturated heterocycles. The zero-order valence-electron chi connectivity index (χ0n) is 20.0. The van der Waals surface area contributed by atoms with Crippen LogP contribution in [0.3, 0.4) is 0 Å². The molecular weight excluding hydrogens is 481 g/mol. The smallest absolute Gasteiger partial charge is 0.407 e. The Labute approximate surface area is 212 Å². The molecule has 0 bridgehead atoms. The maximum Gasteiger partial charge on any atom is 0.407 e. The lowest BCUT2D eigenvalue weighted by Gasteiger charge is -2.29. The molecule has 2 aromatic rings. The van der Waals surface area contributed by atoms with Crippen LogP contribution >= 0.6 is 0 Å². The molecule has 0 aliphatic carbocycles. The van der Waals surface area contributed by atoms with Crippen LogP contribution < -0.4 is 5.32 Å². The number of carbonyl (C=O) groups is 4. The van der Waals surface area contributed by atoms with E-state index >= 15 is 4.39 Å². The molecule has 3 atom stereocenters. The fraction of sp³-hybridized carbons (Fsp3) is 0.423. The molecule has 1 aromatic carbocycles. The van der Waals surface area contributed by atoms with Gasteiger partial charge in [-0.2, -0.15) is 0 Å². The Morgan fingerprint density at radius 1 is 1.11 bits per heavy atom. The van der Waals surface area contributed by atoms with Gasteiger partial charge in [-0.05, 0) is 42.0 Å². The van der Waals surface area contributed by atoms with Gasteiger partial charge in [0, 0.05) is 68.6 Å². The van der Waals surface area contributed by atoms with Gasteiger partial charge in [0.1, 0.15) is 11.7 Å². The second-order valence-electron chi connectivity index (χ2n) is 10.3. The monoisotopic (exact) mass is 507 g/mol. The predicted octanol–water partition coefficient (Wildman–Crippen LogP) is 1.69. The Kier molecular flexibility index (Phi) is 5.67. The Hall–Kier alpha value is -3.86. The molecule has 3 fully saturated rings. The predicted molar refractivity (Wildman–Crippen MR) is 128 cm³/mol. The molecule has 0 radical (unpaired) electrons. The van der Waals surface area contributed by atoms with Gasteiger partial charge >= 0.3 is 6.09 Å². The summed E-state index contributed by atoms with van der Waals surface area (Å²) in [4.78, 5) is 57.3. The Bertz CT molecular complexity index is 1320. The number of fused-ring (bicyclic) bond motifs is 2. The Morgan fingerprint density at radius 3 is 2.57 bits per heavy atom. The van der Waals surface area contributed by atoms with E-state index in [-0.39, 0.29) is 48.7 Å². The molecule has 5 heterocycles. The minimum Gasteiger partial charge on any atom is -0.465 e. The first-order valence-corrected chi connectivity index (χ1v) is 12.4. The fourth-order valence-electron chi connectivity index (χ4n) is 6.15. The summed E-state index contributed by atoms with van der Waals surface area (Å²) >= 11 is 0. The molecule has 2 N–H and O–H groups in total. The summed E-state index contributed by atoms with van der Waals surface area (Å²) in [5.41, 5.74) is 2.41. The number of hydrogen-bond donors (Lipinski definition) is 2. The van der Waals surface area contributed by atoms with Crippen molar-refractivity contribution >= 4 is 23.8 Å². The molecule has 0 saturated carbocycles. The van der Waals surface area contributed by atoms with Gasteiger partial charge in [0.15, 0.2) is 5.82 Å². The van der Waals surface area contributed by atoms with Crippen LogP contribution in [-0.4, -0.2) is 80.8 Å². The molecule has 37 heavy (non-hydrogen) atoms. The number of hydrogen-bond acceptors (Lipinski definition) is 6. The zero-order chi connectivity index (χ0) is 25.8. The lowest BCUT2D eigenvalue weighted by atomic mass is 10.0. The number of carbonyl (C=O) groups excluding carboxylic acids is 3. The van der Waals surface area contributed by atoms with E-state index in [0.717, 1.165) is 13.1 Å². The minimum absolute atomic E-state index is 0.181. The quantitative estimate of drug-likeness (QED) is 0.604. The summed E-state index contributed by atoms with van der Waals surface area (Å²) in [6.45, 7) is 3.10. The minimum atomic E-state index is -0.887. The summed E-state index contributed by atoms with van der Waals surface area (Å²) in [7, 11) is 0. The summed E-state index contributed by atoms with van der Waals surface area (Å²) in [5, 5.41) is 11.5. The van der Waals surface area contributed by atoms with Crippen molar-refractivity contribution in [3.05, 3.63) is 53.0 Å². The van der Waals surface area contributed by atoms with Crippen LogP contribution in [0, 0.1) is 17.7 Å². The van der Waals surface area contributed by atoms with E-state index in [9.17, 15) is 24.3 Å². The highest BCUT2D eigenvalue weighted by atomic mass is 19.1. The van der Waals surface area contributed by atoms with Gasteiger partial charge in [-0.25, -0.2) is 9.18 Å². The molecule has 6 rings (SSSR count). The number of nitrogens with zero attached hydrogens (tertiary/aromatic N) is 4. The van der Waals surface area contributed by atoms with E-state index in [4.69, 9.17) is 0 Å². The van der Waals surface area contributed by atoms with Gasteiger partial charge in [0.05, 0.1) is 0 Å². The maximum absolute atomic E-state index is 15.6. The second kappa shape index (κ2) is 8.91. The van der Waals surface area contributed by atoms with Gasteiger partial charge in [-0.15, -0.1) is 0 Å².